The van der Waals surface area contributed by atoms with Gasteiger partial charge in [0, 0.05) is 29.2 Å². The predicted octanol–water partition coefficient (Wildman–Crippen LogP) is 3.95. The molecule has 0 radical (unpaired) electrons. The van der Waals surface area contributed by atoms with Gasteiger partial charge >= 0.3 is 0 Å². The summed E-state index contributed by atoms with van der Waals surface area (Å²) in [5, 5.41) is 5.34. The van der Waals surface area contributed by atoms with Gasteiger partial charge in [-0.05, 0) is 37.3 Å². The number of anilines is 3. The second kappa shape index (κ2) is 7.69. The number of aromatic nitrogens is 2. The van der Waals surface area contributed by atoms with Gasteiger partial charge in [-0.1, -0.05) is 12.1 Å². The lowest BCUT2D eigenvalue weighted by molar-refractivity contribution is 0.100. The monoisotopic (exact) mass is 368 g/mol. The normalized spacial score (nSPS) is 10.3. The highest BCUT2D eigenvalue weighted by atomic mass is 19.2. The Balaban J connectivity index is 1.76. The van der Waals surface area contributed by atoms with E-state index in [0.717, 1.165) is 12.1 Å². The fourth-order valence-electron chi connectivity index (χ4n) is 2.26. The van der Waals surface area contributed by atoms with Gasteiger partial charge in [-0.25, -0.2) is 18.7 Å². The number of rotatable bonds is 5. The first-order chi connectivity index (χ1) is 12.9. The highest BCUT2D eigenvalue weighted by Crippen LogP contribution is 2.17. The Morgan fingerprint density at radius 1 is 0.963 bits per heavy atom. The molecule has 1 aromatic heterocycles. The third-order valence-electron chi connectivity index (χ3n) is 3.59. The number of carbonyl (C=O) groups is 2. The standard InChI is InChI=1S/C19H14F2N4O2/c1-11(26)12-3-2-4-13(9-12)23-18(27)17-7-8-22-19(25-17)24-14-5-6-15(20)16(21)10-14/h2-10H,1H3,(H,23,27)(H,22,24,25). The minimum Gasteiger partial charge on any atom is -0.324 e. The summed E-state index contributed by atoms with van der Waals surface area (Å²) < 4.78 is 26.3. The average molecular weight is 368 g/mol. The molecule has 0 spiro atoms. The molecule has 0 saturated carbocycles. The Morgan fingerprint density at radius 2 is 1.78 bits per heavy atom. The summed E-state index contributed by atoms with van der Waals surface area (Å²) in [6, 6.07) is 11.2. The van der Waals surface area contributed by atoms with Crippen LogP contribution in [0.1, 0.15) is 27.8 Å². The number of carbonyl (C=O) groups excluding carboxylic acids is 2. The lowest BCUT2D eigenvalue weighted by Gasteiger charge is -2.08. The second-order valence-electron chi connectivity index (χ2n) is 5.61. The van der Waals surface area contributed by atoms with E-state index in [2.05, 4.69) is 20.6 Å². The Morgan fingerprint density at radius 3 is 2.52 bits per heavy atom. The largest absolute Gasteiger partial charge is 0.324 e. The van der Waals surface area contributed by atoms with Gasteiger partial charge in [0.1, 0.15) is 5.69 Å². The molecule has 1 amide bonds. The number of hydrogen-bond donors (Lipinski definition) is 2. The lowest BCUT2D eigenvalue weighted by atomic mass is 10.1. The molecule has 3 rings (SSSR count). The van der Waals surface area contributed by atoms with Gasteiger partial charge in [0.15, 0.2) is 17.4 Å². The fourth-order valence-corrected chi connectivity index (χ4v) is 2.26. The summed E-state index contributed by atoms with van der Waals surface area (Å²) in [5.74, 6) is -2.56. The molecule has 0 unspecified atom stereocenters. The molecule has 0 aliphatic rings. The van der Waals surface area contributed by atoms with Crippen LogP contribution in [0, 0.1) is 11.6 Å². The lowest BCUT2D eigenvalue weighted by Crippen LogP contribution is -2.15. The van der Waals surface area contributed by atoms with Gasteiger partial charge in [0.25, 0.3) is 5.91 Å². The Labute approximate surface area is 153 Å². The SMILES string of the molecule is CC(=O)c1cccc(NC(=O)c2ccnc(Nc3ccc(F)c(F)c3)n2)c1. The summed E-state index contributed by atoms with van der Waals surface area (Å²) in [6.07, 6.45) is 1.36. The quantitative estimate of drug-likeness (QED) is 0.666. The number of Topliss-reactive ketones (excluding diaryl/α,β-unsaturated/α-hetero) is 1. The topological polar surface area (TPSA) is 84.0 Å². The van der Waals surface area contributed by atoms with Crippen LogP contribution in [0.2, 0.25) is 0 Å². The summed E-state index contributed by atoms with van der Waals surface area (Å²) in [6.45, 7) is 1.43. The van der Waals surface area contributed by atoms with Crippen LogP contribution in [0.3, 0.4) is 0 Å². The van der Waals surface area contributed by atoms with E-state index >= 15 is 0 Å². The first-order valence-corrected chi connectivity index (χ1v) is 7.90. The summed E-state index contributed by atoms with van der Waals surface area (Å²) in [5.41, 5.74) is 1.21. The predicted molar refractivity (Wildman–Crippen MR) is 96.1 cm³/mol. The van der Waals surface area contributed by atoms with E-state index in [1.807, 2.05) is 0 Å². The minimum atomic E-state index is -1.01. The van der Waals surface area contributed by atoms with Crippen LogP contribution in [0.25, 0.3) is 0 Å². The number of benzene rings is 2. The molecule has 1 heterocycles. The molecule has 0 aliphatic heterocycles. The van der Waals surface area contributed by atoms with Crippen LogP contribution < -0.4 is 10.6 Å². The number of nitrogens with one attached hydrogen (secondary N) is 2. The zero-order valence-corrected chi connectivity index (χ0v) is 14.2. The van der Waals surface area contributed by atoms with Crippen molar-refractivity contribution in [3.63, 3.8) is 0 Å². The summed E-state index contributed by atoms with van der Waals surface area (Å²) >= 11 is 0. The molecule has 0 atom stereocenters. The van der Waals surface area contributed by atoms with Crippen LogP contribution in [-0.4, -0.2) is 21.7 Å². The minimum absolute atomic E-state index is 0.0474. The van der Waals surface area contributed by atoms with Crippen molar-refractivity contribution < 1.29 is 18.4 Å². The van der Waals surface area contributed by atoms with E-state index in [9.17, 15) is 18.4 Å². The fraction of sp³-hybridized carbons (Fsp3) is 0.0526. The van der Waals surface area contributed by atoms with Crippen molar-refractivity contribution in [2.75, 3.05) is 10.6 Å². The third kappa shape index (κ3) is 4.49. The van der Waals surface area contributed by atoms with E-state index in [1.54, 1.807) is 24.3 Å². The molecular formula is C19H14F2N4O2. The number of ketones is 1. The Hall–Kier alpha value is -3.68. The highest BCUT2D eigenvalue weighted by molar-refractivity contribution is 6.04. The van der Waals surface area contributed by atoms with Crippen molar-refractivity contribution >= 4 is 29.0 Å². The van der Waals surface area contributed by atoms with Crippen LogP contribution in [0.15, 0.2) is 54.7 Å². The van der Waals surface area contributed by atoms with E-state index in [1.165, 1.54) is 25.3 Å². The van der Waals surface area contributed by atoms with E-state index in [4.69, 9.17) is 0 Å². The van der Waals surface area contributed by atoms with Crippen molar-refractivity contribution in [2.24, 2.45) is 0 Å². The maximum atomic E-state index is 13.3. The summed E-state index contributed by atoms with van der Waals surface area (Å²) in [7, 11) is 0. The van der Waals surface area contributed by atoms with Gasteiger partial charge in [-0.15, -0.1) is 0 Å². The second-order valence-corrected chi connectivity index (χ2v) is 5.61. The van der Waals surface area contributed by atoms with Gasteiger partial charge in [-0.3, -0.25) is 9.59 Å². The van der Waals surface area contributed by atoms with E-state index in [0.29, 0.717) is 11.3 Å². The van der Waals surface area contributed by atoms with Gasteiger partial charge in [0.05, 0.1) is 0 Å². The molecule has 0 saturated heterocycles. The zero-order valence-electron chi connectivity index (χ0n) is 14.2. The number of amides is 1. The molecule has 8 heteroatoms. The number of hydrogen-bond acceptors (Lipinski definition) is 5. The number of nitrogens with zero attached hydrogens (tertiary/aromatic N) is 2. The maximum absolute atomic E-state index is 13.3. The smallest absolute Gasteiger partial charge is 0.274 e. The van der Waals surface area contributed by atoms with Gasteiger partial charge in [0.2, 0.25) is 5.95 Å². The molecule has 2 N–H and O–H groups in total. The maximum Gasteiger partial charge on any atom is 0.274 e. The third-order valence-corrected chi connectivity index (χ3v) is 3.59. The van der Waals surface area contributed by atoms with Crippen molar-refractivity contribution in [1.29, 1.82) is 0 Å². The molecule has 0 fully saturated rings. The van der Waals surface area contributed by atoms with Gasteiger partial charge in [-0.2, -0.15) is 0 Å². The first-order valence-electron chi connectivity index (χ1n) is 7.90. The van der Waals surface area contributed by atoms with Gasteiger partial charge < -0.3 is 10.6 Å². The molecule has 0 bridgehead atoms. The van der Waals surface area contributed by atoms with Crippen LogP contribution in [-0.2, 0) is 0 Å². The van der Waals surface area contributed by atoms with Crippen LogP contribution >= 0.6 is 0 Å². The van der Waals surface area contributed by atoms with Crippen molar-refractivity contribution in [3.05, 3.63) is 77.6 Å². The summed E-state index contributed by atoms with van der Waals surface area (Å²) in [4.78, 5) is 31.8. The molecule has 136 valence electrons. The number of halogens is 2. The molecule has 0 aliphatic carbocycles. The zero-order chi connectivity index (χ0) is 19.4. The molecule has 6 nitrogen and oxygen atoms in total. The molecule has 27 heavy (non-hydrogen) atoms. The van der Waals surface area contributed by atoms with Crippen molar-refractivity contribution in [3.8, 4) is 0 Å². The van der Waals surface area contributed by atoms with E-state index in [-0.39, 0.29) is 23.1 Å². The molecule has 3 aromatic rings. The Bertz CT molecular complexity index is 1020. The molecular weight excluding hydrogens is 354 g/mol. The van der Waals surface area contributed by atoms with Crippen LogP contribution in [0.5, 0.6) is 0 Å². The van der Waals surface area contributed by atoms with Crippen molar-refractivity contribution in [1.82, 2.24) is 9.97 Å². The van der Waals surface area contributed by atoms with E-state index < -0.39 is 17.5 Å². The molecule has 2 aromatic carbocycles. The highest BCUT2D eigenvalue weighted by Gasteiger charge is 2.11. The first kappa shape index (κ1) is 18.1. The van der Waals surface area contributed by atoms with Crippen molar-refractivity contribution in [2.45, 2.75) is 6.92 Å². The average Bonchev–Trinajstić information content (AvgIpc) is 2.65. The van der Waals surface area contributed by atoms with Crippen LogP contribution in [0.4, 0.5) is 26.1 Å². The Kier molecular flexibility index (Phi) is 5.16.